The van der Waals surface area contributed by atoms with Gasteiger partial charge in [0.1, 0.15) is 11.6 Å². The fourth-order valence-electron chi connectivity index (χ4n) is 2.49. The Labute approximate surface area is 142 Å². The fraction of sp³-hybridized carbons (Fsp3) is 0.350. The zero-order valence-corrected chi connectivity index (χ0v) is 14.3. The SMILES string of the molecule is CC(C)CC(NC(=O)C(C)Oc1ccc(F)cc1)c1ccccc1. The van der Waals surface area contributed by atoms with Gasteiger partial charge in [0.05, 0.1) is 6.04 Å². The van der Waals surface area contributed by atoms with E-state index in [1.807, 2.05) is 30.3 Å². The van der Waals surface area contributed by atoms with E-state index in [0.717, 1.165) is 12.0 Å². The summed E-state index contributed by atoms with van der Waals surface area (Å²) in [5, 5.41) is 3.06. The van der Waals surface area contributed by atoms with Crippen LogP contribution in [0.5, 0.6) is 5.75 Å². The molecular weight excluding hydrogens is 305 g/mol. The molecule has 0 saturated carbocycles. The first-order valence-corrected chi connectivity index (χ1v) is 8.23. The summed E-state index contributed by atoms with van der Waals surface area (Å²) in [5.74, 6) is 0.400. The molecule has 2 aromatic carbocycles. The molecule has 4 heteroatoms. The van der Waals surface area contributed by atoms with E-state index in [-0.39, 0.29) is 17.8 Å². The van der Waals surface area contributed by atoms with Gasteiger partial charge in [-0.3, -0.25) is 4.79 Å². The summed E-state index contributed by atoms with van der Waals surface area (Å²) in [6.07, 6.45) is 0.188. The molecular formula is C20H24FNO2. The zero-order valence-electron chi connectivity index (χ0n) is 14.3. The highest BCUT2D eigenvalue weighted by Gasteiger charge is 2.21. The number of halogens is 1. The van der Waals surface area contributed by atoms with Crippen molar-refractivity contribution in [2.24, 2.45) is 5.92 Å². The summed E-state index contributed by atoms with van der Waals surface area (Å²) in [5.41, 5.74) is 1.08. The van der Waals surface area contributed by atoms with Crippen LogP contribution in [0.4, 0.5) is 4.39 Å². The van der Waals surface area contributed by atoms with E-state index < -0.39 is 6.10 Å². The van der Waals surface area contributed by atoms with Crippen LogP contribution in [0.2, 0.25) is 0 Å². The van der Waals surface area contributed by atoms with Gasteiger partial charge in [-0.05, 0) is 49.1 Å². The highest BCUT2D eigenvalue weighted by molar-refractivity contribution is 5.81. The number of hydrogen-bond donors (Lipinski definition) is 1. The molecule has 0 heterocycles. The van der Waals surface area contributed by atoms with Gasteiger partial charge in [-0.25, -0.2) is 4.39 Å². The van der Waals surface area contributed by atoms with E-state index in [2.05, 4.69) is 19.2 Å². The third-order valence-electron chi connectivity index (χ3n) is 3.72. The van der Waals surface area contributed by atoms with Crippen LogP contribution in [-0.4, -0.2) is 12.0 Å². The van der Waals surface area contributed by atoms with Crippen molar-refractivity contribution in [1.29, 1.82) is 0 Å². The number of benzene rings is 2. The Kier molecular flexibility index (Phi) is 6.36. The highest BCUT2D eigenvalue weighted by Crippen LogP contribution is 2.21. The topological polar surface area (TPSA) is 38.3 Å². The largest absolute Gasteiger partial charge is 0.481 e. The maximum Gasteiger partial charge on any atom is 0.261 e. The molecule has 0 bridgehead atoms. The molecule has 24 heavy (non-hydrogen) atoms. The van der Waals surface area contributed by atoms with E-state index in [1.54, 1.807) is 6.92 Å². The van der Waals surface area contributed by atoms with Crippen molar-refractivity contribution in [3.8, 4) is 5.75 Å². The smallest absolute Gasteiger partial charge is 0.261 e. The van der Waals surface area contributed by atoms with Crippen LogP contribution in [-0.2, 0) is 4.79 Å². The number of hydrogen-bond acceptors (Lipinski definition) is 2. The second kappa shape index (κ2) is 8.48. The summed E-state index contributed by atoms with van der Waals surface area (Å²) in [6.45, 7) is 5.94. The Bertz CT molecular complexity index is 640. The van der Waals surface area contributed by atoms with Crippen LogP contribution >= 0.6 is 0 Å². The minimum absolute atomic E-state index is 0.0574. The number of carbonyl (C=O) groups excluding carboxylic acids is 1. The van der Waals surface area contributed by atoms with Crippen LogP contribution in [0.1, 0.15) is 38.8 Å². The Morgan fingerprint density at radius 3 is 2.25 bits per heavy atom. The average molecular weight is 329 g/mol. The molecule has 2 atom stereocenters. The van der Waals surface area contributed by atoms with Crippen molar-refractivity contribution in [2.45, 2.75) is 39.3 Å². The summed E-state index contributed by atoms with van der Waals surface area (Å²) in [4.78, 5) is 12.5. The van der Waals surface area contributed by atoms with E-state index in [9.17, 15) is 9.18 Å². The molecule has 1 N–H and O–H groups in total. The Morgan fingerprint density at radius 1 is 1.04 bits per heavy atom. The summed E-state index contributed by atoms with van der Waals surface area (Å²) < 4.78 is 18.5. The first-order valence-electron chi connectivity index (χ1n) is 8.23. The Balaban J connectivity index is 2.02. The lowest BCUT2D eigenvalue weighted by Crippen LogP contribution is -2.39. The highest BCUT2D eigenvalue weighted by atomic mass is 19.1. The Morgan fingerprint density at radius 2 is 1.67 bits per heavy atom. The van der Waals surface area contributed by atoms with Gasteiger partial charge in [-0.15, -0.1) is 0 Å². The summed E-state index contributed by atoms with van der Waals surface area (Å²) in [7, 11) is 0. The quantitative estimate of drug-likeness (QED) is 0.812. The van der Waals surface area contributed by atoms with Crippen molar-refractivity contribution in [2.75, 3.05) is 0 Å². The van der Waals surface area contributed by atoms with Crippen molar-refractivity contribution < 1.29 is 13.9 Å². The molecule has 2 rings (SSSR count). The zero-order chi connectivity index (χ0) is 17.5. The molecule has 0 aliphatic carbocycles. The van der Waals surface area contributed by atoms with Crippen LogP contribution in [0.15, 0.2) is 54.6 Å². The molecule has 2 aromatic rings. The molecule has 3 nitrogen and oxygen atoms in total. The van der Waals surface area contributed by atoms with Crippen LogP contribution in [0, 0.1) is 11.7 Å². The number of nitrogens with one attached hydrogen (secondary N) is 1. The molecule has 0 aliphatic heterocycles. The van der Waals surface area contributed by atoms with Crippen LogP contribution in [0.25, 0.3) is 0 Å². The van der Waals surface area contributed by atoms with Crippen molar-refractivity contribution in [3.63, 3.8) is 0 Å². The first kappa shape index (κ1) is 18.0. The van der Waals surface area contributed by atoms with Gasteiger partial charge in [0.15, 0.2) is 6.10 Å². The Hall–Kier alpha value is -2.36. The molecule has 0 aromatic heterocycles. The number of rotatable bonds is 7. The van der Waals surface area contributed by atoms with Crippen molar-refractivity contribution in [3.05, 3.63) is 66.0 Å². The third kappa shape index (κ3) is 5.37. The normalized spacial score (nSPS) is 13.4. The van der Waals surface area contributed by atoms with Crippen molar-refractivity contribution >= 4 is 5.91 Å². The molecule has 0 saturated heterocycles. The van der Waals surface area contributed by atoms with E-state index in [1.165, 1.54) is 24.3 Å². The van der Waals surface area contributed by atoms with Crippen LogP contribution in [0.3, 0.4) is 0 Å². The lowest BCUT2D eigenvalue weighted by molar-refractivity contribution is -0.128. The molecule has 0 spiro atoms. The third-order valence-corrected chi connectivity index (χ3v) is 3.72. The fourth-order valence-corrected chi connectivity index (χ4v) is 2.49. The van der Waals surface area contributed by atoms with Gasteiger partial charge < -0.3 is 10.1 Å². The van der Waals surface area contributed by atoms with Gasteiger partial charge in [0, 0.05) is 0 Å². The summed E-state index contributed by atoms with van der Waals surface area (Å²) >= 11 is 0. The maximum absolute atomic E-state index is 12.9. The van der Waals surface area contributed by atoms with Crippen LogP contribution < -0.4 is 10.1 Å². The lowest BCUT2D eigenvalue weighted by Gasteiger charge is -2.23. The van der Waals surface area contributed by atoms with E-state index in [0.29, 0.717) is 11.7 Å². The standard InChI is InChI=1S/C20H24FNO2/c1-14(2)13-19(16-7-5-4-6-8-16)22-20(23)15(3)24-18-11-9-17(21)10-12-18/h4-12,14-15,19H,13H2,1-3H3,(H,22,23). The predicted molar refractivity (Wildman–Crippen MR) is 93.3 cm³/mol. The minimum atomic E-state index is -0.658. The number of carbonyl (C=O) groups is 1. The van der Waals surface area contributed by atoms with Gasteiger partial charge in [-0.1, -0.05) is 44.2 Å². The number of ether oxygens (including phenoxy) is 1. The predicted octanol–water partition coefficient (Wildman–Crippen LogP) is 4.50. The lowest BCUT2D eigenvalue weighted by atomic mass is 9.97. The second-order valence-corrected chi connectivity index (χ2v) is 6.32. The maximum atomic E-state index is 12.9. The van der Waals surface area contributed by atoms with E-state index in [4.69, 9.17) is 4.74 Å². The molecule has 1 amide bonds. The second-order valence-electron chi connectivity index (χ2n) is 6.32. The first-order chi connectivity index (χ1) is 11.5. The molecule has 128 valence electrons. The molecule has 2 unspecified atom stereocenters. The average Bonchev–Trinajstić information content (AvgIpc) is 2.56. The molecule has 0 aliphatic rings. The van der Waals surface area contributed by atoms with Gasteiger partial charge in [-0.2, -0.15) is 0 Å². The van der Waals surface area contributed by atoms with Gasteiger partial charge >= 0.3 is 0 Å². The monoisotopic (exact) mass is 329 g/mol. The number of amides is 1. The van der Waals surface area contributed by atoms with Gasteiger partial charge in [0.2, 0.25) is 0 Å². The minimum Gasteiger partial charge on any atom is -0.481 e. The summed E-state index contributed by atoms with van der Waals surface area (Å²) in [6, 6.07) is 15.5. The van der Waals surface area contributed by atoms with E-state index >= 15 is 0 Å². The molecule has 0 fully saturated rings. The molecule has 0 radical (unpaired) electrons. The van der Waals surface area contributed by atoms with Gasteiger partial charge in [0.25, 0.3) is 5.91 Å². The van der Waals surface area contributed by atoms with Crippen molar-refractivity contribution in [1.82, 2.24) is 5.32 Å².